The highest BCUT2D eigenvalue weighted by Crippen LogP contribution is 2.15. The van der Waals surface area contributed by atoms with Gasteiger partial charge in [-0.25, -0.2) is 4.98 Å². The highest BCUT2D eigenvalue weighted by molar-refractivity contribution is 5.42. The SMILES string of the molecule is Cc1nc2ccccn2c1CN[C@@H](C)c1ccccc1. The number of pyridine rings is 1. The fourth-order valence-electron chi connectivity index (χ4n) is 2.49. The van der Waals surface area contributed by atoms with Gasteiger partial charge >= 0.3 is 0 Å². The lowest BCUT2D eigenvalue weighted by molar-refractivity contribution is 0.564. The summed E-state index contributed by atoms with van der Waals surface area (Å²) < 4.78 is 2.15. The van der Waals surface area contributed by atoms with Crippen molar-refractivity contribution in [2.75, 3.05) is 0 Å². The Morgan fingerprint density at radius 3 is 2.65 bits per heavy atom. The number of rotatable bonds is 4. The van der Waals surface area contributed by atoms with E-state index in [0.717, 1.165) is 17.9 Å². The number of benzene rings is 1. The molecule has 0 aliphatic carbocycles. The molecule has 0 bridgehead atoms. The van der Waals surface area contributed by atoms with Crippen molar-refractivity contribution >= 4 is 5.65 Å². The van der Waals surface area contributed by atoms with Gasteiger partial charge in [-0.3, -0.25) is 0 Å². The Kier molecular flexibility index (Phi) is 3.52. The van der Waals surface area contributed by atoms with Crippen LogP contribution in [0.5, 0.6) is 0 Å². The van der Waals surface area contributed by atoms with Crippen LogP contribution >= 0.6 is 0 Å². The van der Waals surface area contributed by atoms with E-state index in [1.165, 1.54) is 11.3 Å². The van der Waals surface area contributed by atoms with Crippen molar-refractivity contribution in [3.05, 3.63) is 71.7 Å². The topological polar surface area (TPSA) is 29.3 Å². The van der Waals surface area contributed by atoms with Crippen LogP contribution in [0.4, 0.5) is 0 Å². The number of fused-ring (bicyclic) bond motifs is 1. The number of aromatic nitrogens is 2. The Morgan fingerprint density at radius 1 is 1.10 bits per heavy atom. The van der Waals surface area contributed by atoms with E-state index in [1.54, 1.807) is 0 Å². The lowest BCUT2D eigenvalue weighted by Gasteiger charge is -2.14. The molecule has 0 saturated heterocycles. The first-order valence-electron chi connectivity index (χ1n) is 6.96. The van der Waals surface area contributed by atoms with Gasteiger partial charge in [0.25, 0.3) is 0 Å². The monoisotopic (exact) mass is 265 g/mol. The summed E-state index contributed by atoms with van der Waals surface area (Å²) in [6, 6.07) is 16.9. The van der Waals surface area contributed by atoms with E-state index in [0.29, 0.717) is 6.04 Å². The molecule has 102 valence electrons. The zero-order valence-electron chi connectivity index (χ0n) is 11.9. The van der Waals surface area contributed by atoms with Crippen molar-refractivity contribution in [2.45, 2.75) is 26.4 Å². The van der Waals surface area contributed by atoms with Gasteiger partial charge in [-0.1, -0.05) is 36.4 Å². The van der Waals surface area contributed by atoms with Crippen LogP contribution in [-0.2, 0) is 6.54 Å². The Morgan fingerprint density at radius 2 is 1.85 bits per heavy atom. The van der Waals surface area contributed by atoms with Crippen LogP contribution in [0.2, 0.25) is 0 Å². The first kappa shape index (κ1) is 12.9. The summed E-state index contributed by atoms with van der Waals surface area (Å²) in [5.74, 6) is 0. The minimum atomic E-state index is 0.324. The Labute approximate surface area is 119 Å². The minimum Gasteiger partial charge on any atom is -0.305 e. The summed E-state index contributed by atoms with van der Waals surface area (Å²) >= 11 is 0. The molecule has 0 aliphatic rings. The number of nitrogens with one attached hydrogen (secondary N) is 1. The highest BCUT2D eigenvalue weighted by atomic mass is 15.0. The average Bonchev–Trinajstić information content (AvgIpc) is 2.81. The van der Waals surface area contributed by atoms with Crippen LogP contribution < -0.4 is 5.32 Å². The molecular weight excluding hydrogens is 246 g/mol. The largest absolute Gasteiger partial charge is 0.305 e. The van der Waals surface area contributed by atoms with E-state index in [9.17, 15) is 0 Å². The third-order valence-electron chi connectivity index (χ3n) is 3.70. The molecule has 0 saturated carbocycles. The lowest BCUT2D eigenvalue weighted by Crippen LogP contribution is -2.19. The molecule has 2 heterocycles. The Balaban J connectivity index is 1.79. The third-order valence-corrected chi connectivity index (χ3v) is 3.70. The second-order valence-electron chi connectivity index (χ2n) is 5.09. The van der Waals surface area contributed by atoms with Crippen LogP contribution in [0.15, 0.2) is 54.7 Å². The van der Waals surface area contributed by atoms with Crippen molar-refractivity contribution in [1.82, 2.24) is 14.7 Å². The molecule has 2 aromatic heterocycles. The molecular formula is C17H19N3. The van der Waals surface area contributed by atoms with Gasteiger partial charge in [-0.05, 0) is 31.5 Å². The number of hydrogen-bond donors (Lipinski definition) is 1. The molecule has 3 nitrogen and oxygen atoms in total. The normalized spacial score (nSPS) is 12.7. The van der Waals surface area contributed by atoms with Crippen LogP contribution in [0.25, 0.3) is 5.65 Å². The van der Waals surface area contributed by atoms with E-state index in [-0.39, 0.29) is 0 Å². The Hall–Kier alpha value is -2.13. The number of imidazole rings is 1. The maximum absolute atomic E-state index is 4.59. The van der Waals surface area contributed by atoms with Crippen LogP contribution in [0, 0.1) is 6.92 Å². The summed E-state index contributed by atoms with van der Waals surface area (Å²) in [5, 5.41) is 3.57. The number of aryl methyl sites for hydroxylation is 1. The summed E-state index contributed by atoms with van der Waals surface area (Å²) in [6.07, 6.45) is 2.07. The van der Waals surface area contributed by atoms with Gasteiger partial charge in [0.05, 0.1) is 11.4 Å². The maximum atomic E-state index is 4.59. The molecule has 1 aromatic carbocycles. The van der Waals surface area contributed by atoms with E-state index in [2.05, 4.69) is 59.0 Å². The molecule has 1 atom stereocenters. The third kappa shape index (κ3) is 2.45. The van der Waals surface area contributed by atoms with Crippen molar-refractivity contribution in [2.24, 2.45) is 0 Å². The van der Waals surface area contributed by atoms with Crippen LogP contribution in [0.1, 0.15) is 29.9 Å². The van der Waals surface area contributed by atoms with E-state index >= 15 is 0 Å². The van der Waals surface area contributed by atoms with Gasteiger partial charge in [0.15, 0.2) is 0 Å². The van der Waals surface area contributed by atoms with Crippen LogP contribution in [-0.4, -0.2) is 9.38 Å². The predicted molar refractivity (Wildman–Crippen MR) is 81.6 cm³/mol. The minimum absolute atomic E-state index is 0.324. The molecule has 0 fully saturated rings. The molecule has 1 N–H and O–H groups in total. The predicted octanol–water partition coefficient (Wildman–Crippen LogP) is 3.49. The van der Waals surface area contributed by atoms with Crippen molar-refractivity contribution in [1.29, 1.82) is 0 Å². The molecule has 0 amide bonds. The molecule has 3 aromatic rings. The standard InChI is InChI=1S/C17H19N3/c1-13(15-8-4-3-5-9-15)18-12-16-14(2)19-17-10-6-7-11-20(16)17/h3-11,13,18H,12H2,1-2H3/t13-/m0/s1. The molecule has 0 aliphatic heterocycles. The van der Waals surface area contributed by atoms with Crippen LogP contribution in [0.3, 0.4) is 0 Å². The molecule has 0 spiro atoms. The first-order valence-corrected chi connectivity index (χ1v) is 6.96. The van der Waals surface area contributed by atoms with Gasteiger partial charge in [0, 0.05) is 18.8 Å². The second kappa shape index (κ2) is 5.47. The molecule has 0 radical (unpaired) electrons. The molecule has 3 rings (SSSR count). The van der Waals surface area contributed by atoms with Gasteiger partial charge in [0.1, 0.15) is 5.65 Å². The molecule has 3 heteroatoms. The quantitative estimate of drug-likeness (QED) is 0.782. The smallest absolute Gasteiger partial charge is 0.137 e. The van der Waals surface area contributed by atoms with Gasteiger partial charge in [-0.2, -0.15) is 0 Å². The fraction of sp³-hybridized carbons (Fsp3) is 0.235. The van der Waals surface area contributed by atoms with Crippen molar-refractivity contribution in [3.8, 4) is 0 Å². The highest BCUT2D eigenvalue weighted by Gasteiger charge is 2.10. The summed E-state index contributed by atoms with van der Waals surface area (Å²) in [7, 11) is 0. The lowest BCUT2D eigenvalue weighted by atomic mass is 10.1. The van der Waals surface area contributed by atoms with E-state index in [1.807, 2.05) is 24.3 Å². The summed E-state index contributed by atoms with van der Waals surface area (Å²) in [6.45, 7) is 5.07. The number of nitrogens with zero attached hydrogens (tertiary/aromatic N) is 2. The molecule has 20 heavy (non-hydrogen) atoms. The first-order chi connectivity index (χ1) is 9.75. The van der Waals surface area contributed by atoms with E-state index < -0.39 is 0 Å². The van der Waals surface area contributed by atoms with Gasteiger partial charge in [-0.15, -0.1) is 0 Å². The van der Waals surface area contributed by atoms with Gasteiger partial charge in [0.2, 0.25) is 0 Å². The van der Waals surface area contributed by atoms with Gasteiger partial charge < -0.3 is 9.72 Å². The maximum Gasteiger partial charge on any atom is 0.137 e. The molecule has 0 unspecified atom stereocenters. The zero-order chi connectivity index (χ0) is 13.9. The van der Waals surface area contributed by atoms with Crippen molar-refractivity contribution in [3.63, 3.8) is 0 Å². The Bertz CT molecular complexity index is 701. The zero-order valence-corrected chi connectivity index (χ0v) is 11.9. The summed E-state index contributed by atoms with van der Waals surface area (Å²) in [5.41, 5.74) is 4.63. The second-order valence-corrected chi connectivity index (χ2v) is 5.09. The summed E-state index contributed by atoms with van der Waals surface area (Å²) in [4.78, 5) is 4.59. The average molecular weight is 265 g/mol. The number of hydrogen-bond acceptors (Lipinski definition) is 2. The fourth-order valence-corrected chi connectivity index (χ4v) is 2.49. The van der Waals surface area contributed by atoms with Crippen molar-refractivity contribution < 1.29 is 0 Å². The van der Waals surface area contributed by atoms with E-state index in [4.69, 9.17) is 0 Å².